The molecule has 0 bridgehead atoms. The van der Waals surface area contributed by atoms with Gasteiger partial charge in [0.05, 0.1) is 0 Å². The molecule has 2 aliphatic rings. The van der Waals surface area contributed by atoms with Gasteiger partial charge in [0, 0.05) is 0 Å². The van der Waals surface area contributed by atoms with Gasteiger partial charge in [0.15, 0.2) is 0 Å². The van der Waals surface area contributed by atoms with E-state index in [2.05, 4.69) is 48.8 Å². The topological polar surface area (TPSA) is 0 Å². The zero-order valence-corrected chi connectivity index (χ0v) is 14.1. The molecule has 0 saturated carbocycles. The molecule has 2 rings (SSSR count). The van der Waals surface area contributed by atoms with Crippen molar-refractivity contribution in [2.24, 2.45) is 0 Å². The molecule has 0 N–H and O–H groups in total. The van der Waals surface area contributed by atoms with Crippen LogP contribution in [0.3, 0.4) is 0 Å². The van der Waals surface area contributed by atoms with E-state index in [9.17, 15) is 0 Å². The summed E-state index contributed by atoms with van der Waals surface area (Å²) in [7, 11) is 0. The molecule has 0 saturated heterocycles. The van der Waals surface area contributed by atoms with E-state index < -0.39 is 21.0 Å². The van der Waals surface area contributed by atoms with Gasteiger partial charge in [-0.25, -0.2) is 0 Å². The molecule has 2 aliphatic carbocycles. The molecular formula is C15H20Hf. The van der Waals surface area contributed by atoms with Crippen molar-refractivity contribution < 1.29 is 21.0 Å². The molecule has 16 heavy (non-hydrogen) atoms. The van der Waals surface area contributed by atoms with Gasteiger partial charge in [0.25, 0.3) is 0 Å². The summed E-state index contributed by atoms with van der Waals surface area (Å²) in [6, 6.07) is 0. The molecular weight excluding hydrogens is 359 g/mol. The predicted octanol–water partition coefficient (Wildman–Crippen LogP) is 4.28. The van der Waals surface area contributed by atoms with Crippen LogP contribution < -0.4 is 0 Å². The Morgan fingerprint density at radius 3 is 1.88 bits per heavy atom. The van der Waals surface area contributed by atoms with E-state index in [-0.39, 0.29) is 0 Å². The Bertz CT molecular complexity index is 404. The fraction of sp³-hybridized carbons (Fsp3) is 0.400. The molecule has 0 aromatic heterocycles. The van der Waals surface area contributed by atoms with Crippen LogP contribution >= 0.6 is 0 Å². The summed E-state index contributed by atoms with van der Waals surface area (Å²) in [5.74, 6) is 0. The monoisotopic (exact) mass is 380 g/mol. The summed E-state index contributed by atoms with van der Waals surface area (Å²) < 4.78 is 6.33. The van der Waals surface area contributed by atoms with Gasteiger partial charge in [-0.2, -0.15) is 0 Å². The van der Waals surface area contributed by atoms with Crippen LogP contribution in [0.1, 0.15) is 40.0 Å². The van der Waals surface area contributed by atoms with Crippen LogP contribution in [-0.4, -0.2) is 3.76 Å². The quantitative estimate of drug-likeness (QED) is 0.643. The Hall–Kier alpha value is -0.300. The molecule has 0 atom stereocenters. The third-order valence-corrected chi connectivity index (χ3v) is 15.3. The molecule has 0 fully saturated rings. The Kier molecular flexibility index (Phi) is 4.07. The van der Waals surface area contributed by atoms with E-state index in [1.807, 2.05) is 6.66 Å². The molecule has 0 unspecified atom stereocenters. The summed E-state index contributed by atoms with van der Waals surface area (Å²) >= 11 is -1.76. The fourth-order valence-electron chi connectivity index (χ4n) is 2.51. The average molecular weight is 379 g/mol. The van der Waals surface area contributed by atoms with E-state index in [1.54, 1.807) is 11.1 Å². The minimum absolute atomic E-state index is 1.24. The van der Waals surface area contributed by atoms with Crippen LogP contribution in [0.5, 0.6) is 0 Å². The van der Waals surface area contributed by atoms with Crippen molar-refractivity contribution in [2.75, 3.05) is 0 Å². The van der Waals surface area contributed by atoms with Crippen molar-refractivity contribution in [1.29, 1.82) is 0 Å². The van der Waals surface area contributed by atoms with E-state index in [4.69, 9.17) is 0 Å². The molecule has 0 heterocycles. The zero-order valence-electron chi connectivity index (χ0n) is 10.5. The number of rotatable bonds is 3. The summed E-state index contributed by atoms with van der Waals surface area (Å²) in [6.07, 6.45) is 13.1. The van der Waals surface area contributed by atoms with E-state index in [0.29, 0.717) is 0 Å². The summed E-state index contributed by atoms with van der Waals surface area (Å²) in [5, 5.41) is 0. The molecule has 0 radical (unpaired) electrons. The first-order chi connectivity index (χ1) is 7.74. The molecule has 0 nitrogen and oxygen atoms in total. The molecule has 0 aromatic rings. The van der Waals surface area contributed by atoms with Crippen LogP contribution in [0.2, 0.25) is 0 Å². The maximum atomic E-state index is 2.68. The number of hydrogen-bond acceptors (Lipinski definition) is 0. The fourth-order valence-corrected chi connectivity index (χ4v) is 13.1. The van der Waals surface area contributed by atoms with Gasteiger partial charge in [-0.15, -0.1) is 0 Å². The average Bonchev–Trinajstić information content (AvgIpc) is 2.84. The molecule has 0 spiro atoms. The Labute approximate surface area is 106 Å². The number of hydrogen-bond donors (Lipinski definition) is 0. The second-order valence-corrected chi connectivity index (χ2v) is 13.3. The van der Waals surface area contributed by atoms with Gasteiger partial charge in [0.2, 0.25) is 0 Å². The van der Waals surface area contributed by atoms with Crippen molar-refractivity contribution in [1.82, 2.24) is 0 Å². The van der Waals surface area contributed by atoms with Crippen molar-refractivity contribution in [3.63, 3.8) is 0 Å². The van der Waals surface area contributed by atoms with E-state index in [1.165, 1.54) is 19.3 Å². The third-order valence-electron chi connectivity index (χ3n) is 3.39. The second kappa shape index (κ2) is 5.35. The van der Waals surface area contributed by atoms with Crippen molar-refractivity contribution in [2.45, 2.75) is 40.0 Å². The molecule has 0 aromatic carbocycles. The van der Waals surface area contributed by atoms with Crippen molar-refractivity contribution >= 4 is 3.76 Å². The molecule has 1 heteroatoms. The Balaban J connectivity index is 2.37. The third kappa shape index (κ3) is 2.34. The number of allylic oxidation sites excluding steroid dienone is 8. The normalized spacial score (nSPS) is 18.9. The van der Waals surface area contributed by atoms with Gasteiger partial charge >= 0.3 is 107 Å². The maximum absolute atomic E-state index is 2.68. The zero-order chi connectivity index (χ0) is 11.5. The first-order valence-corrected chi connectivity index (χ1v) is 11.8. The molecule has 0 aliphatic heterocycles. The Morgan fingerprint density at radius 1 is 1.06 bits per heavy atom. The minimum atomic E-state index is -1.76. The van der Waals surface area contributed by atoms with Gasteiger partial charge in [0.1, 0.15) is 0 Å². The first-order valence-electron chi connectivity index (χ1n) is 6.17. The standard InChI is InChI=1S/2C6H7.C3H6.Hf/c2*1-6-4-2-3-5-6;1-3-2;/h2*2,4H,3H2,1H3;1H,3H2,2H3;. The van der Waals surface area contributed by atoms with Crippen LogP contribution in [0.4, 0.5) is 0 Å². The predicted molar refractivity (Wildman–Crippen MR) is 69.3 cm³/mol. The molecule has 0 amide bonds. The van der Waals surface area contributed by atoms with E-state index >= 15 is 0 Å². The summed E-state index contributed by atoms with van der Waals surface area (Å²) in [6.45, 7) is 6.89. The van der Waals surface area contributed by atoms with Crippen LogP contribution in [0, 0.1) is 0 Å². The van der Waals surface area contributed by atoms with Crippen LogP contribution in [-0.2, 0) is 21.0 Å². The van der Waals surface area contributed by atoms with Crippen LogP contribution in [0.15, 0.2) is 42.1 Å². The molecule has 84 valence electrons. The Morgan fingerprint density at radius 2 is 1.56 bits per heavy atom. The van der Waals surface area contributed by atoms with Crippen molar-refractivity contribution in [3.05, 3.63) is 42.1 Å². The van der Waals surface area contributed by atoms with Crippen LogP contribution in [0.25, 0.3) is 0 Å². The van der Waals surface area contributed by atoms with Gasteiger partial charge in [-0.3, -0.25) is 0 Å². The summed E-state index contributed by atoms with van der Waals surface area (Å²) in [5.41, 5.74) is 3.14. The van der Waals surface area contributed by atoms with Gasteiger partial charge < -0.3 is 0 Å². The van der Waals surface area contributed by atoms with E-state index in [0.717, 1.165) is 0 Å². The van der Waals surface area contributed by atoms with Gasteiger partial charge in [-0.1, -0.05) is 0 Å². The first kappa shape index (κ1) is 12.2. The van der Waals surface area contributed by atoms with Gasteiger partial charge in [-0.05, 0) is 0 Å². The second-order valence-electron chi connectivity index (χ2n) is 4.56. The summed E-state index contributed by atoms with van der Waals surface area (Å²) in [4.78, 5) is 0. The SMILES string of the molecule is CC[CH]=[Hf]([C]1=C(C)C=CC1)[C]1=C(C)C=CC1. The van der Waals surface area contributed by atoms with Crippen molar-refractivity contribution in [3.8, 4) is 0 Å².